The van der Waals surface area contributed by atoms with Crippen molar-refractivity contribution in [2.75, 3.05) is 0 Å². The number of Topliss-reactive ketones (excluding diaryl/α,β-unsaturated/α-hetero) is 2. The van der Waals surface area contributed by atoms with E-state index in [0.29, 0.717) is 31.4 Å². The molecule has 6 rings (SSSR count). The first-order chi connectivity index (χ1) is 13.9. The van der Waals surface area contributed by atoms with Gasteiger partial charge in [-0.05, 0) is 56.2 Å². The van der Waals surface area contributed by atoms with Crippen molar-refractivity contribution < 1.29 is 19.1 Å². The summed E-state index contributed by atoms with van der Waals surface area (Å²) in [5.41, 5.74) is -2.33. The van der Waals surface area contributed by atoms with Crippen molar-refractivity contribution in [1.29, 1.82) is 0 Å². The second-order valence-electron chi connectivity index (χ2n) is 8.77. The van der Waals surface area contributed by atoms with E-state index in [9.17, 15) is 14.4 Å². The molecule has 4 fully saturated rings. The van der Waals surface area contributed by atoms with Crippen LogP contribution in [0.3, 0.4) is 0 Å². The zero-order valence-electron chi connectivity index (χ0n) is 16.0. The van der Waals surface area contributed by atoms with E-state index < -0.39 is 22.5 Å². The van der Waals surface area contributed by atoms with Crippen molar-refractivity contribution >= 4 is 17.7 Å². The van der Waals surface area contributed by atoms with E-state index in [4.69, 9.17) is 4.74 Å². The van der Waals surface area contributed by atoms with Crippen LogP contribution >= 0.6 is 0 Å². The second-order valence-corrected chi connectivity index (χ2v) is 8.77. The fourth-order valence-electron chi connectivity index (χ4n) is 5.98. The van der Waals surface area contributed by atoms with Gasteiger partial charge >= 0.3 is 6.09 Å². The fraction of sp³-hybridized carbons (Fsp3) is 0.333. The average molecular weight is 388 g/mol. The Balaban J connectivity index is 1.54. The number of ketones is 2. The number of nitrogens with one attached hydrogen (secondary N) is 1. The van der Waals surface area contributed by atoms with Gasteiger partial charge < -0.3 is 10.1 Å². The van der Waals surface area contributed by atoms with Crippen LogP contribution in [0.25, 0.3) is 0 Å². The molecule has 2 aromatic rings. The van der Waals surface area contributed by atoms with Crippen LogP contribution in [0.15, 0.2) is 60.7 Å². The summed E-state index contributed by atoms with van der Waals surface area (Å²) in [6, 6.07) is 18.2. The third-order valence-electron chi connectivity index (χ3n) is 6.84. The summed E-state index contributed by atoms with van der Waals surface area (Å²) in [5.74, 6) is 0.00886. The topological polar surface area (TPSA) is 72.5 Å². The predicted octanol–water partition coefficient (Wildman–Crippen LogP) is 3.63. The summed E-state index contributed by atoms with van der Waals surface area (Å²) in [5, 5.41) is 2.69. The Labute approximate surface area is 169 Å². The molecule has 2 aromatic carbocycles. The number of hydrogen-bond acceptors (Lipinski definition) is 4. The highest BCUT2D eigenvalue weighted by Gasteiger charge is 2.73. The van der Waals surface area contributed by atoms with Gasteiger partial charge in [-0.3, -0.25) is 9.59 Å². The summed E-state index contributed by atoms with van der Waals surface area (Å²) in [4.78, 5) is 40.0. The zero-order valence-corrected chi connectivity index (χ0v) is 16.0. The van der Waals surface area contributed by atoms with E-state index in [2.05, 4.69) is 12.2 Å². The Morgan fingerprint density at radius 3 is 2.28 bits per heavy atom. The molecule has 4 aliphatic carbocycles. The van der Waals surface area contributed by atoms with Crippen LogP contribution in [-0.4, -0.2) is 23.2 Å². The lowest BCUT2D eigenvalue weighted by molar-refractivity contribution is -0.166. The maximum absolute atomic E-state index is 13.8. The number of ether oxygens (including phenoxy) is 1. The van der Waals surface area contributed by atoms with Gasteiger partial charge in [0.2, 0.25) is 0 Å². The number of carbonyl (C=O) groups is 3. The molecule has 5 heteroatoms. The maximum atomic E-state index is 13.8. The van der Waals surface area contributed by atoms with Gasteiger partial charge in [-0.15, -0.1) is 0 Å². The first-order valence-corrected chi connectivity index (χ1v) is 9.94. The van der Waals surface area contributed by atoms with E-state index in [0.717, 1.165) is 5.56 Å². The first kappa shape index (κ1) is 18.1. The van der Waals surface area contributed by atoms with Gasteiger partial charge in [0.05, 0.1) is 5.41 Å². The van der Waals surface area contributed by atoms with E-state index in [1.165, 1.54) is 0 Å². The Morgan fingerprint density at radius 2 is 1.59 bits per heavy atom. The van der Waals surface area contributed by atoms with Crippen molar-refractivity contribution in [2.45, 2.75) is 36.6 Å². The second kappa shape index (κ2) is 6.02. The quantitative estimate of drug-likeness (QED) is 0.815. The van der Waals surface area contributed by atoms with Gasteiger partial charge in [-0.1, -0.05) is 48.5 Å². The molecule has 4 aliphatic rings. The number of rotatable bonds is 3. The standard InChI is InChI=1S/C24H22NO4/c1-22-12-16-13-23(15-22,17-8-4-2-5-9-17)20(27)24(14-16,19(22)26)25-21(28)29-18-10-6-3-7-11-18/h2-11,16H,1,12-15H2,(H,25,28). The minimum absolute atomic E-state index is 0.147. The summed E-state index contributed by atoms with van der Waals surface area (Å²) < 4.78 is 5.35. The molecule has 0 spiro atoms. The van der Waals surface area contributed by atoms with Gasteiger partial charge in [0.25, 0.3) is 0 Å². The van der Waals surface area contributed by atoms with Gasteiger partial charge in [-0.25, -0.2) is 4.79 Å². The average Bonchev–Trinajstić information content (AvgIpc) is 2.71. The Morgan fingerprint density at radius 1 is 0.931 bits per heavy atom. The molecule has 0 saturated heterocycles. The van der Waals surface area contributed by atoms with Gasteiger partial charge in [-0.2, -0.15) is 0 Å². The molecular formula is C24H22NO4. The number of carbonyl (C=O) groups excluding carboxylic acids is 3. The molecule has 1 N–H and O–H groups in total. The van der Waals surface area contributed by atoms with Crippen molar-refractivity contribution in [2.24, 2.45) is 11.3 Å². The van der Waals surface area contributed by atoms with E-state index >= 15 is 0 Å². The molecule has 5 nitrogen and oxygen atoms in total. The third kappa shape index (κ3) is 2.49. The number of amides is 1. The monoisotopic (exact) mass is 388 g/mol. The predicted molar refractivity (Wildman–Crippen MR) is 106 cm³/mol. The highest BCUT2D eigenvalue weighted by Crippen LogP contribution is 2.63. The molecule has 4 atom stereocenters. The molecule has 1 radical (unpaired) electrons. The van der Waals surface area contributed by atoms with E-state index in [1.54, 1.807) is 24.3 Å². The van der Waals surface area contributed by atoms with Crippen LogP contribution < -0.4 is 10.1 Å². The molecular weight excluding hydrogens is 366 g/mol. The van der Waals surface area contributed by atoms with Crippen LogP contribution in [0.2, 0.25) is 0 Å². The molecule has 4 saturated carbocycles. The van der Waals surface area contributed by atoms with E-state index in [-0.39, 0.29) is 17.5 Å². The lowest BCUT2D eigenvalue weighted by Crippen LogP contribution is -2.78. The van der Waals surface area contributed by atoms with Gasteiger partial charge in [0.1, 0.15) is 5.75 Å². The highest BCUT2D eigenvalue weighted by molar-refractivity contribution is 6.22. The van der Waals surface area contributed by atoms with Crippen molar-refractivity contribution in [3.05, 3.63) is 73.2 Å². The van der Waals surface area contributed by atoms with Crippen molar-refractivity contribution in [3.8, 4) is 5.75 Å². The SMILES string of the molecule is [CH2]C12CC3CC(NC(=O)Oc4ccccc4)(C1=O)C(=O)C(c1ccccc1)(C3)C2. The number of benzene rings is 2. The Bertz CT molecular complexity index is 1000. The molecule has 4 unspecified atom stereocenters. The van der Waals surface area contributed by atoms with Gasteiger partial charge in [0.15, 0.2) is 17.1 Å². The fourth-order valence-corrected chi connectivity index (χ4v) is 5.98. The van der Waals surface area contributed by atoms with Gasteiger partial charge in [0, 0.05) is 5.41 Å². The lowest BCUT2D eigenvalue weighted by atomic mass is 9.40. The summed E-state index contributed by atoms with van der Waals surface area (Å²) in [7, 11) is 0. The Kier molecular flexibility index (Phi) is 3.76. The molecule has 0 heterocycles. The van der Waals surface area contributed by atoms with Crippen LogP contribution in [0.1, 0.15) is 31.2 Å². The number of hydrogen-bond donors (Lipinski definition) is 1. The maximum Gasteiger partial charge on any atom is 0.413 e. The van der Waals surface area contributed by atoms with Crippen LogP contribution in [-0.2, 0) is 15.0 Å². The van der Waals surface area contributed by atoms with Crippen LogP contribution in [0.4, 0.5) is 4.79 Å². The van der Waals surface area contributed by atoms with Crippen LogP contribution in [0.5, 0.6) is 5.75 Å². The molecule has 147 valence electrons. The molecule has 0 aliphatic heterocycles. The summed E-state index contributed by atoms with van der Waals surface area (Å²) >= 11 is 0. The molecule has 1 amide bonds. The Hall–Kier alpha value is -2.95. The van der Waals surface area contributed by atoms with E-state index in [1.807, 2.05) is 36.4 Å². The highest BCUT2D eigenvalue weighted by atomic mass is 16.6. The molecule has 4 bridgehead atoms. The summed E-state index contributed by atoms with van der Waals surface area (Å²) in [6.45, 7) is 4.26. The minimum atomic E-state index is -1.57. The number of para-hydroxylation sites is 1. The normalized spacial score (nSPS) is 34.9. The molecule has 29 heavy (non-hydrogen) atoms. The first-order valence-electron chi connectivity index (χ1n) is 9.94. The minimum Gasteiger partial charge on any atom is -0.410 e. The largest absolute Gasteiger partial charge is 0.413 e. The summed E-state index contributed by atoms with van der Waals surface area (Å²) in [6.07, 6.45) is 1.28. The lowest BCUT2D eigenvalue weighted by Gasteiger charge is -2.62. The third-order valence-corrected chi connectivity index (χ3v) is 6.84. The molecule has 0 aromatic heterocycles. The van der Waals surface area contributed by atoms with Crippen molar-refractivity contribution in [1.82, 2.24) is 5.32 Å². The van der Waals surface area contributed by atoms with Crippen molar-refractivity contribution in [3.63, 3.8) is 0 Å². The smallest absolute Gasteiger partial charge is 0.410 e. The van der Waals surface area contributed by atoms with Crippen LogP contribution in [0, 0.1) is 18.3 Å². The zero-order chi connectivity index (χ0) is 20.3.